The molecule has 1 unspecified atom stereocenters. The number of nitrogens with two attached hydrogens (primary N) is 1. The molecule has 1 aromatic rings. The number of rotatable bonds is 4. The highest BCUT2D eigenvalue weighted by atomic mass is 32.2. The molecule has 2 rings (SSSR count). The monoisotopic (exact) mass is 310 g/mol. The first-order valence-corrected chi connectivity index (χ1v) is 8.40. The Balaban J connectivity index is 2.27. The number of benzene rings is 1. The van der Waals surface area contributed by atoms with Gasteiger partial charge in [-0.05, 0) is 30.9 Å². The first kappa shape index (κ1) is 15.8. The van der Waals surface area contributed by atoms with Gasteiger partial charge in [-0.25, -0.2) is 0 Å². The second-order valence-corrected chi connectivity index (χ2v) is 7.50. The van der Waals surface area contributed by atoms with Gasteiger partial charge in [-0.2, -0.15) is 12.7 Å². The molecular weight excluding hydrogens is 288 g/mol. The number of hydrogen-bond acceptors (Lipinski definition) is 3. The van der Waals surface area contributed by atoms with E-state index in [1.54, 1.807) is 24.3 Å². The Morgan fingerprint density at radius 1 is 1.48 bits per heavy atom. The predicted octanol–water partition coefficient (Wildman–Crippen LogP) is 1.38. The van der Waals surface area contributed by atoms with Crippen LogP contribution in [0.2, 0.25) is 0 Å². The first-order chi connectivity index (χ1) is 9.82. The average molecular weight is 310 g/mol. The zero-order valence-corrected chi connectivity index (χ0v) is 13.2. The molecule has 3 N–H and O–H groups in total. The summed E-state index contributed by atoms with van der Waals surface area (Å²) in [5.41, 5.74) is 6.49. The summed E-state index contributed by atoms with van der Waals surface area (Å²) in [5.74, 6) is 0.305. The van der Waals surface area contributed by atoms with Crippen molar-refractivity contribution in [1.82, 2.24) is 4.31 Å². The van der Waals surface area contributed by atoms with Gasteiger partial charge in [-0.1, -0.05) is 19.1 Å². The number of nitrogen functional groups attached to an aromatic ring is 1. The molecule has 0 amide bonds. The molecule has 116 valence electrons. The Labute approximate surface area is 126 Å². The predicted molar refractivity (Wildman–Crippen MR) is 84.8 cm³/mol. The third kappa shape index (κ3) is 3.36. The van der Waals surface area contributed by atoms with Crippen molar-refractivity contribution in [2.24, 2.45) is 11.7 Å². The van der Waals surface area contributed by atoms with Crippen LogP contribution in [0.4, 0.5) is 5.69 Å². The lowest BCUT2D eigenvalue weighted by Gasteiger charge is -2.33. The molecule has 0 saturated carbocycles. The topological polar surface area (TPSA) is 90.5 Å². The van der Waals surface area contributed by atoms with Gasteiger partial charge in [0.2, 0.25) is 0 Å². The number of piperidine rings is 1. The molecule has 1 fully saturated rings. The highest BCUT2D eigenvalue weighted by Gasteiger charge is 2.30. The van der Waals surface area contributed by atoms with Crippen molar-refractivity contribution in [3.05, 3.63) is 29.8 Å². The summed E-state index contributed by atoms with van der Waals surface area (Å²) in [5, 5.41) is 7.45. The van der Waals surface area contributed by atoms with Gasteiger partial charge in [0, 0.05) is 25.7 Å². The van der Waals surface area contributed by atoms with Crippen LogP contribution in [0.3, 0.4) is 0 Å². The summed E-state index contributed by atoms with van der Waals surface area (Å²) >= 11 is 0. The van der Waals surface area contributed by atoms with E-state index in [-0.39, 0.29) is 5.84 Å². The lowest BCUT2D eigenvalue weighted by Crippen LogP contribution is -2.46. The molecular formula is C14H22N4O2S. The zero-order chi connectivity index (χ0) is 15.6. The Kier molecular flexibility index (Phi) is 4.53. The minimum Gasteiger partial charge on any atom is -0.384 e. The zero-order valence-electron chi connectivity index (χ0n) is 12.4. The van der Waals surface area contributed by atoms with Crippen molar-refractivity contribution >= 4 is 21.7 Å². The largest absolute Gasteiger partial charge is 0.384 e. The van der Waals surface area contributed by atoms with Crippen molar-refractivity contribution in [1.29, 1.82) is 5.41 Å². The van der Waals surface area contributed by atoms with Crippen LogP contribution in [-0.4, -0.2) is 38.7 Å². The van der Waals surface area contributed by atoms with Crippen molar-refractivity contribution in [2.45, 2.75) is 19.8 Å². The molecule has 0 bridgehead atoms. The minimum absolute atomic E-state index is 0.0748. The minimum atomic E-state index is -3.54. The number of nitrogens with one attached hydrogen (secondary N) is 1. The molecule has 1 aliphatic heterocycles. The van der Waals surface area contributed by atoms with E-state index in [2.05, 4.69) is 6.92 Å². The maximum atomic E-state index is 12.7. The summed E-state index contributed by atoms with van der Waals surface area (Å²) in [4.78, 5) is 0. The molecule has 0 aromatic heterocycles. The van der Waals surface area contributed by atoms with E-state index >= 15 is 0 Å². The van der Waals surface area contributed by atoms with Crippen molar-refractivity contribution in [2.75, 3.05) is 24.4 Å². The third-order valence-corrected chi connectivity index (χ3v) is 5.70. The van der Waals surface area contributed by atoms with Gasteiger partial charge in [0.25, 0.3) is 0 Å². The number of hydrogen-bond donors (Lipinski definition) is 2. The van der Waals surface area contributed by atoms with Crippen LogP contribution in [0.25, 0.3) is 0 Å². The second kappa shape index (κ2) is 6.03. The van der Waals surface area contributed by atoms with E-state index in [1.165, 1.54) is 15.7 Å². The van der Waals surface area contributed by atoms with Crippen LogP contribution in [-0.2, 0) is 10.2 Å². The maximum absolute atomic E-state index is 12.7. The molecule has 7 heteroatoms. The van der Waals surface area contributed by atoms with Crippen LogP contribution < -0.4 is 10.0 Å². The Morgan fingerprint density at radius 2 is 2.19 bits per heavy atom. The number of anilines is 1. The summed E-state index contributed by atoms with van der Waals surface area (Å²) in [7, 11) is -2.00. The third-order valence-electron chi connectivity index (χ3n) is 3.81. The molecule has 21 heavy (non-hydrogen) atoms. The van der Waals surface area contributed by atoms with Crippen molar-refractivity contribution < 1.29 is 8.42 Å². The van der Waals surface area contributed by atoms with E-state index < -0.39 is 10.2 Å². The molecule has 1 saturated heterocycles. The molecule has 0 aliphatic carbocycles. The van der Waals surface area contributed by atoms with E-state index in [0.29, 0.717) is 30.3 Å². The van der Waals surface area contributed by atoms with Gasteiger partial charge in [0.1, 0.15) is 5.84 Å². The molecule has 1 aliphatic rings. The van der Waals surface area contributed by atoms with Crippen LogP contribution in [0.15, 0.2) is 24.3 Å². The molecule has 1 heterocycles. The molecule has 0 spiro atoms. The second-order valence-electron chi connectivity index (χ2n) is 5.54. The normalized spacial score (nSPS) is 20.2. The van der Waals surface area contributed by atoms with Gasteiger partial charge in [-0.15, -0.1) is 0 Å². The fraction of sp³-hybridized carbons (Fsp3) is 0.500. The van der Waals surface area contributed by atoms with E-state index in [4.69, 9.17) is 11.1 Å². The van der Waals surface area contributed by atoms with Gasteiger partial charge in [-0.3, -0.25) is 9.71 Å². The molecule has 1 atom stereocenters. The smallest absolute Gasteiger partial charge is 0.303 e. The fourth-order valence-electron chi connectivity index (χ4n) is 2.53. The van der Waals surface area contributed by atoms with Crippen molar-refractivity contribution in [3.63, 3.8) is 0 Å². The van der Waals surface area contributed by atoms with Crippen molar-refractivity contribution in [3.8, 4) is 0 Å². The van der Waals surface area contributed by atoms with Gasteiger partial charge in [0.15, 0.2) is 0 Å². The summed E-state index contributed by atoms with van der Waals surface area (Å²) in [6, 6.07) is 6.72. The molecule has 1 aromatic carbocycles. The Morgan fingerprint density at radius 3 is 2.81 bits per heavy atom. The Hall–Kier alpha value is -1.60. The quantitative estimate of drug-likeness (QED) is 0.650. The van der Waals surface area contributed by atoms with Crippen LogP contribution in [0, 0.1) is 11.3 Å². The lowest BCUT2D eigenvalue weighted by atomic mass is 10.0. The summed E-state index contributed by atoms with van der Waals surface area (Å²) in [6.07, 6.45) is 1.96. The average Bonchev–Trinajstić information content (AvgIpc) is 2.46. The van der Waals surface area contributed by atoms with Crippen LogP contribution >= 0.6 is 0 Å². The standard InChI is InChI=1S/C14H22N4O2S/c1-11-5-4-8-18(10-11)21(19,20)17(2)13-7-3-6-12(9-13)14(15)16/h3,6-7,9,11H,4-5,8,10H2,1-2H3,(H3,15,16). The summed E-state index contributed by atoms with van der Waals surface area (Å²) in [6.45, 7) is 3.18. The highest BCUT2D eigenvalue weighted by molar-refractivity contribution is 7.90. The highest BCUT2D eigenvalue weighted by Crippen LogP contribution is 2.24. The van der Waals surface area contributed by atoms with Gasteiger partial charge < -0.3 is 5.73 Å². The maximum Gasteiger partial charge on any atom is 0.303 e. The Bertz CT molecular complexity index is 630. The lowest BCUT2D eigenvalue weighted by molar-refractivity contribution is 0.281. The van der Waals surface area contributed by atoms with Gasteiger partial charge >= 0.3 is 10.2 Å². The summed E-state index contributed by atoms with van der Waals surface area (Å²) < 4.78 is 28.2. The number of amidine groups is 1. The van der Waals surface area contributed by atoms with E-state index in [1.807, 2.05) is 0 Å². The van der Waals surface area contributed by atoms with E-state index in [0.717, 1.165) is 12.8 Å². The van der Waals surface area contributed by atoms with Crippen LogP contribution in [0.5, 0.6) is 0 Å². The van der Waals surface area contributed by atoms with Crippen LogP contribution in [0.1, 0.15) is 25.3 Å². The first-order valence-electron chi connectivity index (χ1n) is 7.01. The van der Waals surface area contributed by atoms with E-state index in [9.17, 15) is 8.42 Å². The fourth-order valence-corrected chi connectivity index (χ4v) is 4.06. The SMILES string of the molecule is CC1CCCN(S(=O)(=O)N(C)c2cccc(C(=N)N)c2)C1. The van der Waals surface area contributed by atoms with Gasteiger partial charge in [0.05, 0.1) is 5.69 Å². The molecule has 0 radical (unpaired) electrons. The number of nitrogens with zero attached hydrogens (tertiary/aromatic N) is 2. The molecule has 6 nitrogen and oxygen atoms in total.